The van der Waals surface area contributed by atoms with Gasteiger partial charge >= 0.3 is 0 Å². The highest BCUT2D eigenvalue weighted by atomic mass is 16.3. The predicted octanol–water partition coefficient (Wildman–Crippen LogP) is 1.56. The second kappa shape index (κ2) is 4.68. The Kier molecular flexibility index (Phi) is 3.27. The normalized spacial score (nSPS) is 13.2. The lowest BCUT2D eigenvalue weighted by molar-refractivity contribution is 0.0822. The molecule has 0 aliphatic rings. The molecule has 0 aliphatic carbocycles. The van der Waals surface area contributed by atoms with Crippen LogP contribution in [0.15, 0.2) is 30.5 Å². The van der Waals surface area contributed by atoms with Crippen LogP contribution in [0.5, 0.6) is 0 Å². The molecular formula is C13H17NO2. The Balaban J connectivity index is 2.45. The summed E-state index contributed by atoms with van der Waals surface area (Å²) in [4.78, 5) is 0. The number of para-hydroxylation sites is 1. The molecule has 1 atom stereocenters. The molecule has 0 aliphatic heterocycles. The zero-order valence-electron chi connectivity index (χ0n) is 9.43. The molecule has 0 fully saturated rings. The highest BCUT2D eigenvalue weighted by Gasteiger charge is 2.08. The fourth-order valence-corrected chi connectivity index (χ4v) is 2.06. The molecule has 0 spiro atoms. The van der Waals surface area contributed by atoms with Crippen LogP contribution < -0.4 is 0 Å². The first-order valence-electron chi connectivity index (χ1n) is 5.62. The molecule has 0 amide bonds. The summed E-state index contributed by atoms with van der Waals surface area (Å²) in [5, 5.41) is 19.5. The van der Waals surface area contributed by atoms with Crippen LogP contribution in [-0.2, 0) is 13.0 Å². The molecule has 2 aromatic rings. The van der Waals surface area contributed by atoms with Gasteiger partial charge in [0.1, 0.15) is 0 Å². The number of aryl methyl sites for hydroxylation is 1. The maximum Gasteiger partial charge on any atom is 0.0949 e. The molecule has 1 unspecified atom stereocenters. The van der Waals surface area contributed by atoms with Crippen molar-refractivity contribution in [3.05, 3.63) is 36.0 Å². The number of rotatable bonds is 4. The highest BCUT2D eigenvalue weighted by Crippen LogP contribution is 2.21. The number of aliphatic hydroxyl groups excluding tert-OH is 2. The van der Waals surface area contributed by atoms with Crippen LogP contribution >= 0.6 is 0 Å². The Labute approximate surface area is 94.9 Å². The van der Waals surface area contributed by atoms with Crippen LogP contribution in [0, 0.1) is 0 Å². The lowest BCUT2D eigenvalue weighted by Gasteiger charge is -2.11. The Bertz CT molecular complexity index is 476. The van der Waals surface area contributed by atoms with Crippen molar-refractivity contribution in [2.75, 3.05) is 6.61 Å². The number of nitrogens with zero attached hydrogens (tertiary/aromatic N) is 1. The van der Waals surface area contributed by atoms with Gasteiger partial charge in [-0.15, -0.1) is 0 Å². The summed E-state index contributed by atoms with van der Waals surface area (Å²) >= 11 is 0. The van der Waals surface area contributed by atoms with Gasteiger partial charge in [0, 0.05) is 6.20 Å². The van der Waals surface area contributed by atoms with Crippen molar-refractivity contribution in [2.24, 2.45) is 0 Å². The smallest absolute Gasteiger partial charge is 0.0949 e. The summed E-state index contributed by atoms with van der Waals surface area (Å²) in [5.74, 6) is 0. The quantitative estimate of drug-likeness (QED) is 0.819. The third-order valence-corrected chi connectivity index (χ3v) is 2.87. The summed E-state index contributed by atoms with van der Waals surface area (Å²) in [6, 6.07) is 8.26. The number of aliphatic hydroxyl groups is 2. The van der Waals surface area contributed by atoms with Crippen LogP contribution in [0.3, 0.4) is 0 Å². The topological polar surface area (TPSA) is 45.4 Å². The fourth-order valence-electron chi connectivity index (χ4n) is 2.06. The van der Waals surface area contributed by atoms with Crippen LogP contribution in [0.1, 0.15) is 12.5 Å². The molecule has 1 aromatic carbocycles. The van der Waals surface area contributed by atoms with E-state index in [1.54, 1.807) is 0 Å². The molecule has 16 heavy (non-hydrogen) atoms. The minimum atomic E-state index is -0.694. The number of hydrogen-bond acceptors (Lipinski definition) is 2. The van der Waals surface area contributed by atoms with E-state index in [0.717, 1.165) is 11.9 Å². The third kappa shape index (κ3) is 1.96. The van der Waals surface area contributed by atoms with E-state index in [1.807, 2.05) is 22.9 Å². The molecule has 3 heteroatoms. The van der Waals surface area contributed by atoms with Gasteiger partial charge in [0.15, 0.2) is 0 Å². The second-order valence-corrected chi connectivity index (χ2v) is 4.01. The zero-order valence-corrected chi connectivity index (χ0v) is 9.43. The van der Waals surface area contributed by atoms with Crippen molar-refractivity contribution < 1.29 is 10.2 Å². The van der Waals surface area contributed by atoms with Crippen molar-refractivity contribution in [3.63, 3.8) is 0 Å². The lowest BCUT2D eigenvalue weighted by Crippen LogP contribution is -2.19. The predicted molar refractivity (Wildman–Crippen MR) is 64.4 cm³/mol. The molecule has 0 saturated carbocycles. The molecule has 2 rings (SSSR count). The Morgan fingerprint density at radius 3 is 2.81 bits per heavy atom. The number of hydrogen-bond donors (Lipinski definition) is 2. The summed E-state index contributed by atoms with van der Waals surface area (Å²) in [6.07, 6.45) is 2.24. The van der Waals surface area contributed by atoms with Gasteiger partial charge in [-0.05, 0) is 23.4 Å². The number of aromatic nitrogens is 1. The van der Waals surface area contributed by atoms with Crippen molar-refractivity contribution >= 4 is 10.9 Å². The molecule has 86 valence electrons. The van der Waals surface area contributed by atoms with Crippen molar-refractivity contribution in [3.8, 4) is 0 Å². The van der Waals surface area contributed by atoms with Gasteiger partial charge in [0.25, 0.3) is 0 Å². The van der Waals surface area contributed by atoms with E-state index in [2.05, 4.69) is 19.1 Å². The third-order valence-electron chi connectivity index (χ3n) is 2.87. The number of fused-ring (bicyclic) bond motifs is 1. The molecule has 3 nitrogen and oxygen atoms in total. The summed E-state index contributed by atoms with van der Waals surface area (Å²) in [6.45, 7) is 2.36. The van der Waals surface area contributed by atoms with E-state index >= 15 is 0 Å². The van der Waals surface area contributed by atoms with E-state index in [4.69, 9.17) is 5.11 Å². The summed E-state index contributed by atoms with van der Waals surface area (Å²) in [7, 11) is 0. The fraction of sp³-hybridized carbons (Fsp3) is 0.385. The minimum Gasteiger partial charge on any atom is -0.394 e. The lowest BCUT2D eigenvalue weighted by atomic mass is 10.1. The first kappa shape index (κ1) is 11.2. The second-order valence-electron chi connectivity index (χ2n) is 4.01. The average molecular weight is 219 g/mol. The van der Waals surface area contributed by atoms with Gasteiger partial charge in [-0.25, -0.2) is 0 Å². The standard InChI is InChI=1S/C13H17NO2/c1-2-10-4-3-5-11-6-7-14(13(10)11)8-12(16)9-15/h3-7,12,15-16H,2,8-9H2,1H3. The van der Waals surface area contributed by atoms with Gasteiger partial charge in [-0.3, -0.25) is 0 Å². The van der Waals surface area contributed by atoms with E-state index in [1.165, 1.54) is 10.9 Å². The maximum absolute atomic E-state index is 9.48. The molecule has 1 heterocycles. The van der Waals surface area contributed by atoms with Gasteiger partial charge in [0.05, 0.1) is 24.8 Å². The van der Waals surface area contributed by atoms with Crippen LogP contribution in [-0.4, -0.2) is 27.5 Å². The van der Waals surface area contributed by atoms with Crippen LogP contribution in [0.2, 0.25) is 0 Å². The number of benzene rings is 1. The van der Waals surface area contributed by atoms with Gasteiger partial charge in [-0.1, -0.05) is 25.1 Å². The molecule has 0 bridgehead atoms. The highest BCUT2D eigenvalue weighted by molar-refractivity contribution is 5.83. The minimum absolute atomic E-state index is 0.200. The Morgan fingerprint density at radius 1 is 1.31 bits per heavy atom. The van der Waals surface area contributed by atoms with Crippen molar-refractivity contribution in [1.29, 1.82) is 0 Å². The monoisotopic (exact) mass is 219 g/mol. The first-order valence-corrected chi connectivity index (χ1v) is 5.62. The molecule has 0 radical (unpaired) electrons. The molecule has 2 N–H and O–H groups in total. The first-order chi connectivity index (χ1) is 7.76. The van der Waals surface area contributed by atoms with Gasteiger partial charge in [-0.2, -0.15) is 0 Å². The largest absolute Gasteiger partial charge is 0.394 e. The SMILES string of the molecule is CCc1cccc2ccn(CC(O)CO)c12. The molecule has 0 saturated heterocycles. The summed E-state index contributed by atoms with van der Waals surface area (Å²) < 4.78 is 2.01. The zero-order chi connectivity index (χ0) is 11.5. The Hall–Kier alpha value is -1.32. The van der Waals surface area contributed by atoms with E-state index in [-0.39, 0.29) is 6.61 Å². The van der Waals surface area contributed by atoms with Gasteiger partial charge in [0.2, 0.25) is 0 Å². The molecular weight excluding hydrogens is 202 g/mol. The van der Waals surface area contributed by atoms with Crippen molar-refractivity contribution in [1.82, 2.24) is 4.57 Å². The van der Waals surface area contributed by atoms with E-state index < -0.39 is 6.10 Å². The van der Waals surface area contributed by atoms with Crippen LogP contribution in [0.25, 0.3) is 10.9 Å². The van der Waals surface area contributed by atoms with Crippen molar-refractivity contribution in [2.45, 2.75) is 26.0 Å². The maximum atomic E-state index is 9.48. The van der Waals surface area contributed by atoms with E-state index in [9.17, 15) is 5.11 Å². The van der Waals surface area contributed by atoms with Crippen LogP contribution in [0.4, 0.5) is 0 Å². The van der Waals surface area contributed by atoms with Gasteiger partial charge < -0.3 is 14.8 Å². The summed E-state index contributed by atoms with van der Waals surface area (Å²) in [5.41, 5.74) is 2.44. The average Bonchev–Trinajstić information content (AvgIpc) is 2.72. The molecule has 1 aromatic heterocycles. The Morgan fingerprint density at radius 2 is 2.12 bits per heavy atom. The van der Waals surface area contributed by atoms with E-state index in [0.29, 0.717) is 6.54 Å².